The second kappa shape index (κ2) is 6.10. The van der Waals surface area contributed by atoms with Gasteiger partial charge in [-0.1, -0.05) is 0 Å². The Morgan fingerprint density at radius 2 is 2.29 bits per heavy atom. The Kier molecular flexibility index (Phi) is 4.78. The number of hydrogen-bond acceptors (Lipinski definition) is 4. The number of nitrogens with two attached hydrogens (primary N) is 1. The van der Waals surface area contributed by atoms with Crippen LogP contribution in [0.15, 0.2) is 18.2 Å². The maximum atomic E-state index is 11.8. The van der Waals surface area contributed by atoms with Crippen LogP contribution in [-0.4, -0.2) is 30.3 Å². The third-order valence-corrected chi connectivity index (χ3v) is 2.23. The van der Waals surface area contributed by atoms with Crippen LogP contribution in [0, 0.1) is 0 Å². The van der Waals surface area contributed by atoms with Crippen LogP contribution in [0.2, 0.25) is 0 Å². The van der Waals surface area contributed by atoms with Gasteiger partial charge < -0.3 is 20.9 Å². The zero-order valence-corrected chi connectivity index (χ0v) is 10.1. The van der Waals surface area contributed by atoms with Crippen LogP contribution in [0.5, 0.6) is 5.75 Å². The molecular weight excluding hydrogens is 220 g/mol. The highest BCUT2D eigenvalue weighted by molar-refractivity contribution is 5.99. The van der Waals surface area contributed by atoms with Gasteiger partial charge in [0.1, 0.15) is 5.75 Å². The summed E-state index contributed by atoms with van der Waals surface area (Å²) in [5.41, 5.74) is 6.27. The number of amides is 1. The number of anilines is 1. The molecule has 0 aromatic heterocycles. The van der Waals surface area contributed by atoms with E-state index >= 15 is 0 Å². The molecule has 17 heavy (non-hydrogen) atoms. The van der Waals surface area contributed by atoms with Gasteiger partial charge in [-0.2, -0.15) is 0 Å². The molecule has 94 valence electrons. The molecule has 0 fully saturated rings. The number of carbonyl (C=O) groups excluding carboxylic acids is 1. The fraction of sp³-hybridized carbons (Fsp3) is 0.417. The average molecular weight is 238 g/mol. The number of phenols is 1. The Morgan fingerprint density at radius 3 is 2.94 bits per heavy atom. The summed E-state index contributed by atoms with van der Waals surface area (Å²) in [6.45, 7) is 4.78. The molecule has 1 aromatic rings. The number of hydrogen-bond donors (Lipinski definition) is 3. The molecule has 0 bridgehead atoms. The van der Waals surface area contributed by atoms with Crippen LogP contribution in [0.3, 0.4) is 0 Å². The summed E-state index contributed by atoms with van der Waals surface area (Å²) in [7, 11) is 0. The van der Waals surface area contributed by atoms with E-state index in [2.05, 4.69) is 5.32 Å². The van der Waals surface area contributed by atoms with Crippen molar-refractivity contribution < 1.29 is 14.6 Å². The van der Waals surface area contributed by atoms with Crippen molar-refractivity contribution in [3.05, 3.63) is 23.8 Å². The lowest BCUT2D eigenvalue weighted by atomic mass is 10.1. The molecule has 1 unspecified atom stereocenters. The van der Waals surface area contributed by atoms with Crippen LogP contribution in [0.4, 0.5) is 5.69 Å². The molecule has 0 radical (unpaired) electrons. The molecule has 0 saturated heterocycles. The van der Waals surface area contributed by atoms with Crippen LogP contribution >= 0.6 is 0 Å². The normalized spacial score (nSPS) is 12.1. The van der Waals surface area contributed by atoms with Crippen molar-refractivity contribution in [2.45, 2.75) is 19.9 Å². The van der Waals surface area contributed by atoms with Gasteiger partial charge in [-0.3, -0.25) is 4.79 Å². The number of nitrogens with one attached hydrogen (secondary N) is 1. The first-order valence-electron chi connectivity index (χ1n) is 5.51. The van der Waals surface area contributed by atoms with Crippen molar-refractivity contribution in [2.24, 2.45) is 0 Å². The van der Waals surface area contributed by atoms with Gasteiger partial charge in [0.25, 0.3) is 5.91 Å². The van der Waals surface area contributed by atoms with Crippen LogP contribution in [0.25, 0.3) is 0 Å². The van der Waals surface area contributed by atoms with Gasteiger partial charge in [0.05, 0.1) is 12.2 Å². The summed E-state index contributed by atoms with van der Waals surface area (Å²) >= 11 is 0. The van der Waals surface area contributed by atoms with Crippen molar-refractivity contribution in [1.29, 1.82) is 0 Å². The second-order valence-corrected chi connectivity index (χ2v) is 3.81. The molecule has 0 heterocycles. The van der Waals surface area contributed by atoms with E-state index in [1.54, 1.807) is 0 Å². The molecule has 0 saturated carbocycles. The molecule has 1 atom stereocenters. The maximum Gasteiger partial charge on any atom is 0.253 e. The predicted molar refractivity (Wildman–Crippen MR) is 65.9 cm³/mol. The Bertz CT molecular complexity index is 393. The highest BCUT2D eigenvalue weighted by atomic mass is 16.5. The third kappa shape index (κ3) is 3.96. The van der Waals surface area contributed by atoms with Crippen molar-refractivity contribution in [1.82, 2.24) is 5.32 Å². The fourth-order valence-electron chi connectivity index (χ4n) is 1.38. The zero-order chi connectivity index (χ0) is 12.8. The number of nitrogen functional groups attached to an aromatic ring is 1. The molecule has 0 aliphatic rings. The molecule has 5 heteroatoms. The Balaban J connectivity index is 2.66. The molecule has 4 N–H and O–H groups in total. The zero-order valence-electron chi connectivity index (χ0n) is 10.1. The smallest absolute Gasteiger partial charge is 0.253 e. The first-order valence-corrected chi connectivity index (χ1v) is 5.51. The summed E-state index contributed by atoms with van der Waals surface area (Å²) in [5.74, 6) is -0.299. The van der Waals surface area contributed by atoms with Crippen molar-refractivity contribution >= 4 is 11.6 Å². The molecule has 1 amide bonds. The summed E-state index contributed by atoms with van der Waals surface area (Å²) < 4.78 is 5.19. The van der Waals surface area contributed by atoms with E-state index in [1.807, 2.05) is 13.8 Å². The Hall–Kier alpha value is -1.75. The van der Waals surface area contributed by atoms with Crippen molar-refractivity contribution in [3.63, 3.8) is 0 Å². The standard InChI is InChI=1S/C12H18N2O3/c1-3-17-7-8(2)14-12(16)10-6-9(15)4-5-11(10)13/h4-6,8,15H,3,7,13H2,1-2H3,(H,14,16). The van der Waals surface area contributed by atoms with Gasteiger partial charge in [-0.15, -0.1) is 0 Å². The van der Waals surface area contributed by atoms with Crippen LogP contribution in [-0.2, 0) is 4.74 Å². The number of aromatic hydroxyl groups is 1. The molecule has 0 aliphatic heterocycles. The maximum absolute atomic E-state index is 11.8. The van der Waals surface area contributed by atoms with E-state index in [9.17, 15) is 9.90 Å². The highest BCUT2D eigenvalue weighted by Crippen LogP contribution is 2.18. The average Bonchev–Trinajstić information content (AvgIpc) is 2.29. The highest BCUT2D eigenvalue weighted by Gasteiger charge is 2.13. The van der Waals surface area contributed by atoms with Crippen molar-refractivity contribution in [3.8, 4) is 5.75 Å². The molecule has 0 aliphatic carbocycles. The number of phenolic OH excluding ortho intramolecular Hbond substituents is 1. The van der Waals surface area contributed by atoms with Crippen molar-refractivity contribution in [2.75, 3.05) is 18.9 Å². The van der Waals surface area contributed by atoms with E-state index in [0.717, 1.165) is 0 Å². The minimum absolute atomic E-state index is 0.0156. The number of rotatable bonds is 5. The lowest BCUT2D eigenvalue weighted by molar-refractivity contribution is 0.0872. The summed E-state index contributed by atoms with van der Waals surface area (Å²) in [4.78, 5) is 11.8. The minimum atomic E-state index is -0.314. The lowest BCUT2D eigenvalue weighted by Crippen LogP contribution is -2.36. The monoisotopic (exact) mass is 238 g/mol. The first-order chi connectivity index (χ1) is 8.04. The first kappa shape index (κ1) is 13.3. The molecular formula is C12H18N2O3. The fourth-order valence-corrected chi connectivity index (χ4v) is 1.38. The third-order valence-electron chi connectivity index (χ3n) is 2.23. The summed E-state index contributed by atoms with van der Waals surface area (Å²) in [6, 6.07) is 4.18. The number of ether oxygens (including phenoxy) is 1. The van der Waals surface area contributed by atoms with E-state index in [0.29, 0.717) is 18.9 Å². The topological polar surface area (TPSA) is 84.6 Å². The van der Waals surface area contributed by atoms with Gasteiger partial charge in [-0.25, -0.2) is 0 Å². The minimum Gasteiger partial charge on any atom is -0.508 e. The van der Waals surface area contributed by atoms with E-state index < -0.39 is 0 Å². The number of benzene rings is 1. The van der Waals surface area contributed by atoms with E-state index in [-0.39, 0.29) is 23.3 Å². The lowest BCUT2D eigenvalue weighted by Gasteiger charge is -2.14. The van der Waals surface area contributed by atoms with Gasteiger partial charge in [0.15, 0.2) is 0 Å². The van der Waals surface area contributed by atoms with E-state index in [1.165, 1.54) is 18.2 Å². The SMILES string of the molecule is CCOCC(C)NC(=O)c1cc(O)ccc1N. The van der Waals surface area contributed by atoms with Gasteiger partial charge in [-0.05, 0) is 32.0 Å². The quantitative estimate of drug-likeness (QED) is 0.530. The predicted octanol–water partition coefficient (Wildman–Crippen LogP) is 1.13. The summed E-state index contributed by atoms with van der Waals surface area (Å²) in [6.07, 6.45) is 0. The van der Waals surface area contributed by atoms with Gasteiger partial charge in [0, 0.05) is 18.3 Å². The van der Waals surface area contributed by atoms with Crippen LogP contribution < -0.4 is 11.1 Å². The van der Waals surface area contributed by atoms with Crippen LogP contribution in [0.1, 0.15) is 24.2 Å². The Morgan fingerprint density at radius 1 is 1.59 bits per heavy atom. The molecule has 5 nitrogen and oxygen atoms in total. The molecule has 0 spiro atoms. The van der Waals surface area contributed by atoms with Gasteiger partial charge in [0.2, 0.25) is 0 Å². The number of carbonyl (C=O) groups is 1. The van der Waals surface area contributed by atoms with Gasteiger partial charge >= 0.3 is 0 Å². The Labute approximate surface area is 101 Å². The molecule has 1 rings (SSSR count). The van der Waals surface area contributed by atoms with E-state index in [4.69, 9.17) is 10.5 Å². The summed E-state index contributed by atoms with van der Waals surface area (Å²) in [5, 5.41) is 12.0. The molecule has 1 aromatic carbocycles. The largest absolute Gasteiger partial charge is 0.508 e. The second-order valence-electron chi connectivity index (χ2n) is 3.81.